The summed E-state index contributed by atoms with van der Waals surface area (Å²) in [7, 11) is 0. The van der Waals surface area contributed by atoms with Gasteiger partial charge in [0.25, 0.3) is 0 Å². The van der Waals surface area contributed by atoms with Crippen LogP contribution in [0.1, 0.15) is 34.6 Å². The summed E-state index contributed by atoms with van der Waals surface area (Å²) in [5.41, 5.74) is 6.95. The van der Waals surface area contributed by atoms with Gasteiger partial charge in [-0.15, -0.1) is 11.3 Å². The van der Waals surface area contributed by atoms with Crippen LogP contribution < -0.4 is 5.32 Å². The van der Waals surface area contributed by atoms with Crippen molar-refractivity contribution in [2.75, 3.05) is 5.32 Å². The molecule has 0 atom stereocenters. The monoisotopic (exact) mass is 361 g/mol. The van der Waals surface area contributed by atoms with Crippen LogP contribution in [0.5, 0.6) is 0 Å². The van der Waals surface area contributed by atoms with Crippen molar-refractivity contribution in [1.82, 2.24) is 19.9 Å². The minimum absolute atomic E-state index is 0.666. The van der Waals surface area contributed by atoms with E-state index in [9.17, 15) is 0 Å². The highest BCUT2D eigenvalue weighted by molar-refractivity contribution is 7.26. The molecule has 6 heteroatoms. The fraction of sp³-hybridized carbons (Fsp3) is 0.300. The van der Waals surface area contributed by atoms with Gasteiger partial charge in [0.05, 0.1) is 22.5 Å². The molecule has 26 heavy (non-hydrogen) atoms. The molecular formula is C20H19N5S. The first-order chi connectivity index (χ1) is 12.7. The van der Waals surface area contributed by atoms with Crippen LogP contribution in [0.3, 0.4) is 0 Å². The summed E-state index contributed by atoms with van der Waals surface area (Å²) in [5, 5.41) is 4.60. The maximum atomic E-state index is 4.80. The smallest absolute Gasteiger partial charge is 0.147 e. The third-order valence-electron chi connectivity index (χ3n) is 4.97. The molecule has 4 aromatic rings. The van der Waals surface area contributed by atoms with Gasteiger partial charge in [-0.2, -0.15) is 0 Å². The zero-order valence-electron chi connectivity index (χ0n) is 14.8. The maximum Gasteiger partial charge on any atom is 0.147 e. The van der Waals surface area contributed by atoms with Gasteiger partial charge in [-0.25, -0.2) is 15.0 Å². The first kappa shape index (κ1) is 15.6. The van der Waals surface area contributed by atoms with Gasteiger partial charge in [-0.3, -0.25) is 4.98 Å². The molecule has 0 aliphatic heterocycles. The average molecular weight is 361 g/mol. The van der Waals surface area contributed by atoms with Crippen molar-refractivity contribution < 1.29 is 0 Å². The molecule has 5 rings (SSSR count). The predicted molar refractivity (Wildman–Crippen MR) is 106 cm³/mol. The number of thiophene rings is 1. The van der Waals surface area contributed by atoms with Crippen molar-refractivity contribution >= 4 is 37.6 Å². The Bertz CT molecular complexity index is 1150. The molecule has 1 aliphatic carbocycles. The zero-order chi connectivity index (χ0) is 17.7. The van der Waals surface area contributed by atoms with Gasteiger partial charge in [0.2, 0.25) is 0 Å². The number of nitrogens with zero attached hydrogens (tertiary/aromatic N) is 4. The van der Waals surface area contributed by atoms with Gasteiger partial charge in [0.1, 0.15) is 17.0 Å². The molecule has 130 valence electrons. The Morgan fingerprint density at radius 3 is 2.96 bits per heavy atom. The molecule has 5 nitrogen and oxygen atoms in total. The van der Waals surface area contributed by atoms with Crippen LogP contribution in [-0.2, 0) is 19.4 Å². The number of aryl methyl sites for hydroxylation is 4. The minimum atomic E-state index is 0.666. The standard InChI is InChI=1S/C20H19N5S/c1-11-8-12(2)24-20-16(11)17-18(26-20)19(23-10-22-17)21-9-14-7-6-13-4-3-5-15(13)25-14/h6-8,10H,3-5,9H2,1-2H3,(H,21,22,23). The summed E-state index contributed by atoms with van der Waals surface area (Å²) < 4.78 is 1.06. The first-order valence-corrected chi connectivity index (χ1v) is 9.74. The van der Waals surface area contributed by atoms with Crippen molar-refractivity contribution in [2.24, 2.45) is 0 Å². The Hall–Kier alpha value is -2.60. The molecule has 4 heterocycles. The highest BCUT2D eigenvalue weighted by Crippen LogP contribution is 2.36. The van der Waals surface area contributed by atoms with Crippen LogP contribution in [0.4, 0.5) is 5.82 Å². The number of hydrogen-bond donors (Lipinski definition) is 1. The lowest BCUT2D eigenvalue weighted by molar-refractivity contribution is 0.891. The molecule has 0 saturated carbocycles. The Balaban J connectivity index is 1.52. The van der Waals surface area contributed by atoms with Crippen LogP contribution in [0.2, 0.25) is 0 Å². The van der Waals surface area contributed by atoms with Crippen molar-refractivity contribution in [3.8, 4) is 0 Å². The molecule has 0 saturated heterocycles. The van der Waals surface area contributed by atoms with Crippen molar-refractivity contribution in [3.05, 3.63) is 52.7 Å². The van der Waals surface area contributed by atoms with E-state index >= 15 is 0 Å². The summed E-state index contributed by atoms with van der Waals surface area (Å²) in [6.07, 6.45) is 5.11. The molecule has 0 radical (unpaired) electrons. The molecule has 4 aromatic heterocycles. The second-order valence-corrected chi connectivity index (χ2v) is 7.88. The summed E-state index contributed by atoms with van der Waals surface area (Å²) in [4.78, 5) is 19.5. The molecule has 1 N–H and O–H groups in total. The lowest BCUT2D eigenvalue weighted by Crippen LogP contribution is -2.05. The van der Waals surface area contributed by atoms with E-state index in [0.29, 0.717) is 6.54 Å². The number of rotatable bonds is 3. The van der Waals surface area contributed by atoms with Crippen LogP contribution in [0.15, 0.2) is 24.5 Å². The van der Waals surface area contributed by atoms with Crippen molar-refractivity contribution in [3.63, 3.8) is 0 Å². The number of hydrogen-bond acceptors (Lipinski definition) is 6. The van der Waals surface area contributed by atoms with Gasteiger partial charge in [-0.05, 0) is 56.4 Å². The Labute approximate surface area is 155 Å². The number of nitrogens with one attached hydrogen (secondary N) is 1. The summed E-state index contributed by atoms with van der Waals surface area (Å²) in [6, 6.07) is 6.45. The van der Waals surface area contributed by atoms with Crippen molar-refractivity contribution in [2.45, 2.75) is 39.7 Å². The highest BCUT2D eigenvalue weighted by atomic mass is 32.1. The zero-order valence-corrected chi connectivity index (χ0v) is 15.7. The Morgan fingerprint density at radius 1 is 1.12 bits per heavy atom. The number of aromatic nitrogens is 4. The van der Waals surface area contributed by atoms with Gasteiger partial charge in [0, 0.05) is 16.8 Å². The van der Waals surface area contributed by atoms with E-state index in [4.69, 9.17) is 4.98 Å². The average Bonchev–Trinajstić information content (AvgIpc) is 3.23. The van der Waals surface area contributed by atoms with Crippen molar-refractivity contribution in [1.29, 1.82) is 0 Å². The quantitative estimate of drug-likeness (QED) is 0.588. The van der Waals surface area contributed by atoms with E-state index in [2.05, 4.69) is 45.4 Å². The molecular weight excluding hydrogens is 342 g/mol. The number of anilines is 1. The third kappa shape index (κ3) is 2.52. The lowest BCUT2D eigenvalue weighted by atomic mass is 10.1. The second kappa shape index (κ2) is 5.99. The normalized spacial score (nSPS) is 13.5. The lowest BCUT2D eigenvalue weighted by Gasteiger charge is -2.07. The fourth-order valence-corrected chi connectivity index (χ4v) is 4.99. The highest BCUT2D eigenvalue weighted by Gasteiger charge is 2.15. The van der Waals surface area contributed by atoms with Crippen LogP contribution in [0, 0.1) is 13.8 Å². The van der Waals surface area contributed by atoms with Gasteiger partial charge in [-0.1, -0.05) is 6.07 Å². The Kier molecular flexibility index (Phi) is 3.60. The maximum absolute atomic E-state index is 4.80. The number of pyridine rings is 2. The van der Waals surface area contributed by atoms with Gasteiger partial charge < -0.3 is 5.32 Å². The van der Waals surface area contributed by atoms with E-state index in [0.717, 1.165) is 50.5 Å². The summed E-state index contributed by atoms with van der Waals surface area (Å²) >= 11 is 1.65. The number of fused-ring (bicyclic) bond motifs is 4. The van der Waals surface area contributed by atoms with E-state index in [1.807, 2.05) is 6.92 Å². The van der Waals surface area contributed by atoms with Gasteiger partial charge in [0.15, 0.2) is 0 Å². The Morgan fingerprint density at radius 2 is 2.04 bits per heavy atom. The molecule has 0 fully saturated rings. The molecule has 0 spiro atoms. The molecule has 0 bridgehead atoms. The van der Waals surface area contributed by atoms with E-state index in [1.165, 1.54) is 23.2 Å². The van der Waals surface area contributed by atoms with E-state index in [1.54, 1.807) is 17.7 Å². The van der Waals surface area contributed by atoms with Crippen LogP contribution in [0.25, 0.3) is 20.4 Å². The second-order valence-electron chi connectivity index (χ2n) is 6.88. The van der Waals surface area contributed by atoms with E-state index < -0.39 is 0 Å². The molecule has 0 amide bonds. The summed E-state index contributed by atoms with van der Waals surface area (Å²) in [6.45, 7) is 4.81. The minimum Gasteiger partial charge on any atom is -0.363 e. The molecule has 0 unspecified atom stereocenters. The predicted octanol–water partition coefficient (Wildman–Crippen LogP) is 4.35. The molecule has 0 aromatic carbocycles. The molecule has 1 aliphatic rings. The third-order valence-corrected chi connectivity index (χ3v) is 6.05. The topological polar surface area (TPSA) is 63.6 Å². The fourth-order valence-electron chi connectivity index (χ4n) is 3.77. The van der Waals surface area contributed by atoms with Gasteiger partial charge >= 0.3 is 0 Å². The van der Waals surface area contributed by atoms with E-state index in [-0.39, 0.29) is 0 Å². The first-order valence-electron chi connectivity index (χ1n) is 8.92. The largest absolute Gasteiger partial charge is 0.363 e. The summed E-state index contributed by atoms with van der Waals surface area (Å²) in [5.74, 6) is 0.859. The SMILES string of the molecule is Cc1cc(C)c2c(n1)sc1c(NCc3ccc4c(n3)CCC4)ncnc12. The van der Waals surface area contributed by atoms with Crippen LogP contribution in [-0.4, -0.2) is 19.9 Å². The van der Waals surface area contributed by atoms with Crippen LogP contribution >= 0.6 is 11.3 Å².